The number of piperidine rings is 1. The number of halogens is 1. The first kappa shape index (κ1) is 16.2. The lowest BCUT2D eigenvalue weighted by Gasteiger charge is -2.37. The van der Waals surface area contributed by atoms with Gasteiger partial charge >= 0.3 is 0 Å². The summed E-state index contributed by atoms with van der Waals surface area (Å²) < 4.78 is 7.80. The molecular formula is C16H21ClN4O2. The highest BCUT2D eigenvalue weighted by atomic mass is 35.5. The van der Waals surface area contributed by atoms with E-state index in [1.165, 1.54) is 0 Å². The maximum absolute atomic E-state index is 13.1. The van der Waals surface area contributed by atoms with Gasteiger partial charge in [-0.1, -0.05) is 12.1 Å². The number of aromatic nitrogens is 2. The predicted molar refractivity (Wildman–Crippen MR) is 91.2 cm³/mol. The van der Waals surface area contributed by atoms with Gasteiger partial charge in [0.1, 0.15) is 5.60 Å². The second-order valence-corrected chi connectivity index (χ2v) is 5.96. The predicted octanol–water partition coefficient (Wildman–Crippen LogP) is 1.57. The van der Waals surface area contributed by atoms with Crippen LogP contribution < -0.4 is 10.2 Å². The van der Waals surface area contributed by atoms with Crippen LogP contribution in [0, 0.1) is 0 Å². The monoisotopic (exact) mass is 336 g/mol. The number of imidazole rings is 1. The van der Waals surface area contributed by atoms with Crippen molar-refractivity contribution in [1.29, 1.82) is 0 Å². The number of rotatable bonds is 2. The molecule has 0 radical (unpaired) electrons. The van der Waals surface area contributed by atoms with Gasteiger partial charge in [0, 0.05) is 20.2 Å². The van der Waals surface area contributed by atoms with Gasteiger partial charge in [-0.05, 0) is 38.1 Å². The van der Waals surface area contributed by atoms with E-state index in [1.54, 1.807) is 12.0 Å². The number of amides is 1. The molecule has 0 atom stereocenters. The Morgan fingerprint density at radius 2 is 2.00 bits per heavy atom. The van der Waals surface area contributed by atoms with Crippen molar-refractivity contribution in [2.75, 3.05) is 31.6 Å². The average molecular weight is 337 g/mol. The molecule has 124 valence electrons. The van der Waals surface area contributed by atoms with Crippen LogP contribution in [0.5, 0.6) is 0 Å². The zero-order chi connectivity index (χ0) is 15.2. The van der Waals surface area contributed by atoms with Gasteiger partial charge in [0.2, 0.25) is 5.95 Å². The van der Waals surface area contributed by atoms with Crippen LogP contribution in [0.15, 0.2) is 24.3 Å². The molecule has 2 aromatic rings. The molecule has 1 saturated heterocycles. The molecule has 23 heavy (non-hydrogen) atoms. The molecule has 1 aromatic carbocycles. The van der Waals surface area contributed by atoms with Crippen molar-refractivity contribution in [2.24, 2.45) is 0 Å². The number of ether oxygens (including phenoxy) is 1. The van der Waals surface area contributed by atoms with Crippen LogP contribution in [0.1, 0.15) is 12.8 Å². The number of fused-ring (bicyclic) bond motifs is 3. The van der Waals surface area contributed by atoms with Gasteiger partial charge in [-0.25, -0.2) is 4.98 Å². The molecule has 4 rings (SSSR count). The number of nitrogens with one attached hydrogen (secondary N) is 1. The van der Waals surface area contributed by atoms with Crippen molar-refractivity contribution in [3.63, 3.8) is 0 Å². The molecule has 1 aromatic heterocycles. The van der Waals surface area contributed by atoms with E-state index in [-0.39, 0.29) is 18.3 Å². The standard InChI is InChI=1S/C16H20N4O2.ClH/c1-22-16(6-8-17-9-7-16)14(21)20-11-10-19-13-5-3-2-4-12(13)18-15(19)20;/h2-5,17H,6-11H2,1H3;1H. The van der Waals surface area contributed by atoms with Gasteiger partial charge in [-0.15, -0.1) is 12.4 Å². The Hall–Kier alpha value is -1.63. The summed E-state index contributed by atoms with van der Waals surface area (Å²) in [5.41, 5.74) is 1.31. The Morgan fingerprint density at radius 3 is 2.74 bits per heavy atom. The van der Waals surface area contributed by atoms with Gasteiger partial charge in [-0.2, -0.15) is 0 Å². The second-order valence-electron chi connectivity index (χ2n) is 5.96. The number of hydrogen-bond donors (Lipinski definition) is 1. The van der Waals surface area contributed by atoms with Crippen molar-refractivity contribution in [1.82, 2.24) is 14.9 Å². The quantitative estimate of drug-likeness (QED) is 0.904. The van der Waals surface area contributed by atoms with Crippen LogP contribution in [0.3, 0.4) is 0 Å². The molecule has 6 nitrogen and oxygen atoms in total. The fraction of sp³-hybridized carbons (Fsp3) is 0.500. The summed E-state index contributed by atoms with van der Waals surface area (Å²) in [6.07, 6.45) is 1.41. The van der Waals surface area contributed by atoms with Crippen LogP contribution >= 0.6 is 12.4 Å². The molecule has 0 bridgehead atoms. The summed E-state index contributed by atoms with van der Waals surface area (Å²) in [7, 11) is 1.64. The fourth-order valence-corrected chi connectivity index (χ4v) is 3.56. The fourth-order valence-electron chi connectivity index (χ4n) is 3.56. The highest BCUT2D eigenvalue weighted by Gasteiger charge is 2.45. The molecule has 0 saturated carbocycles. The lowest BCUT2D eigenvalue weighted by molar-refractivity contribution is -0.143. The van der Waals surface area contributed by atoms with E-state index in [0.717, 1.165) is 36.6 Å². The minimum atomic E-state index is -0.710. The third-order valence-electron chi connectivity index (χ3n) is 4.86. The number of carbonyl (C=O) groups is 1. The summed E-state index contributed by atoms with van der Waals surface area (Å²) in [5, 5.41) is 3.29. The Kier molecular flexibility index (Phi) is 4.31. The normalized spacial score (nSPS) is 19.4. The number of hydrogen-bond acceptors (Lipinski definition) is 4. The van der Waals surface area contributed by atoms with Crippen molar-refractivity contribution in [3.05, 3.63) is 24.3 Å². The maximum atomic E-state index is 13.1. The third-order valence-corrected chi connectivity index (χ3v) is 4.86. The average Bonchev–Trinajstić information content (AvgIpc) is 3.13. The van der Waals surface area contributed by atoms with E-state index >= 15 is 0 Å². The first-order chi connectivity index (χ1) is 10.7. The van der Waals surface area contributed by atoms with Crippen LogP contribution in [0.2, 0.25) is 0 Å². The minimum Gasteiger partial charge on any atom is -0.368 e. The van der Waals surface area contributed by atoms with E-state index in [1.807, 2.05) is 18.2 Å². The van der Waals surface area contributed by atoms with Crippen LogP contribution in [-0.2, 0) is 16.1 Å². The molecule has 1 amide bonds. The number of benzene rings is 1. The molecule has 2 aliphatic heterocycles. The van der Waals surface area contributed by atoms with Crippen LogP contribution in [0.25, 0.3) is 11.0 Å². The number of methoxy groups -OCH3 is 1. The SMILES string of the molecule is COC1(C(=O)N2CCn3c2nc2ccccc23)CCNCC1.Cl. The molecule has 1 fully saturated rings. The second kappa shape index (κ2) is 6.11. The molecular weight excluding hydrogens is 316 g/mol. The molecule has 1 N–H and O–H groups in total. The topological polar surface area (TPSA) is 59.4 Å². The van der Waals surface area contributed by atoms with Gasteiger partial charge in [0.25, 0.3) is 5.91 Å². The van der Waals surface area contributed by atoms with Crippen molar-refractivity contribution < 1.29 is 9.53 Å². The van der Waals surface area contributed by atoms with Crippen LogP contribution in [-0.4, -0.2) is 47.8 Å². The lowest BCUT2D eigenvalue weighted by Crippen LogP contribution is -2.55. The van der Waals surface area contributed by atoms with Gasteiger partial charge in [0.05, 0.1) is 11.0 Å². The van der Waals surface area contributed by atoms with Crippen molar-refractivity contribution in [3.8, 4) is 0 Å². The highest BCUT2D eigenvalue weighted by molar-refractivity contribution is 6.00. The van der Waals surface area contributed by atoms with E-state index in [9.17, 15) is 4.79 Å². The molecule has 2 aliphatic rings. The first-order valence-electron chi connectivity index (χ1n) is 7.78. The Labute approximate surface area is 141 Å². The number of carbonyl (C=O) groups excluding carboxylic acids is 1. The third kappa shape index (κ3) is 2.41. The molecule has 0 aliphatic carbocycles. The Morgan fingerprint density at radius 1 is 1.26 bits per heavy atom. The van der Waals surface area contributed by atoms with Gasteiger partial charge in [-0.3, -0.25) is 9.69 Å². The summed E-state index contributed by atoms with van der Waals surface area (Å²) >= 11 is 0. The first-order valence-corrected chi connectivity index (χ1v) is 7.78. The van der Waals surface area contributed by atoms with E-state index in [2.05, 4.69) is 20.9 Å². The number of anilines is 1. The molecule has 0 unspecified atom stereocenters. The van der Waals surface area contributed by atoms with Gasteiger partial charge < -0.3 is 14.6 Å². The summed E-state index contributed by atoms with van der Waals surface area (Å²) in [6.45, 7) is 3.08. The van der Waals surface area contributed by atoms with E-state index < -0.39 is 5.60 Å². The largest absolute Gasteiger partial charge is 0.368 e. The summed E-state index contributed by atoms with van der Waals surface area (Å²) in [6, 6.07) is 8.02. The van der Waals surface area contributed by atoms with Crippen molar-refractivity contribution >= 4 is 35.3 Å². The molecule has 3 heterocycles. The van der Waals surface area contributed by atoms with Crippen molar-refractivity contribution in [2.45, 2.75) is 25.0 Å². The number of para-hydroxylation sites is 2. The lowest BCUT2D eigenvalue weighted by atomic mass is 9.90. The zero-order valence-electron chi connectivity index (χ0n) is 13.1. The smallest absolute Gasteiger partial charge is 0.261 e. The Balaban J connectivity index is 0.00000156. The zero-order valence-corrected chi connectivity index (χ0v) is 13.9. The maximum Gasteiger partial charge on any atom is 0.261 e. The highest BCUT2D eigenvalue weighted by Crippen LogP contribution is 2.32. The Bertz CT molecular complexity index is 724. The van der Waals surface area contributed by atoms with E-state index in [4.69, 9.17) is 4.74 Å². The summed E-state index contributed by atoms with van der Waals surface area (Å²) in [5.74, 6) is 0.798. The number of nitrogens with zero attached hydrogens (tertiary/aromatic N) is 3. The minimum absolute atomic E-state index is 0. The van der Waals surface area contributed by atoms with Crippen LogP contribution in [0.4, 0.5) is 5.95 Å². The van der Waals surface area contributed by atoms with Gasteiger partial charge in [0.15, 0.2) is 0 Å². The molecule has 7 heteroatoms. The summed E-state index contributed by atoms with van der Waals surface area (Å²) in [4.78, 5) is 19.6. The van der Waals surface area contributed by atoms with E-state index in [0.29, 0.717) is 19.4 Å². The molecule has 0 spiro atoms.